The number of hydrogen-bond donors (Lipinski definition) is 1. The van der Waals surface area contributed by atoms with Gasteiger partial charge in [0.25, 0.3) is 0 Å². The van der Waals surface area contributed by atoms with Crippen LogP contribution in [-0.2, 0) is 6.42 Å². The second-order valence-corrected chi connectivity index (χ2v) is 5.19. The molecule has 5 nitrogen and oxygen atoms in total. The van der Waals surface area contributed by atoms with E-state index in [9.17, 15) is 0 Å². The minimum absolute atomic E-state index is 0.313. The third kappa shape index (κ3) is 3.10. The van der Waals surface area contributed by atoms with Crippen LogP contribution in [0.4, 0.5) is 0 Å². The number of aryl methyl sites for hydroxylation is 2. The SMILES string of the molecule is Cc1nc(C)c(C(C)NCCc2ncon2)s1. The van der Waals surface area contributed by atoms with Crippen molar-refractivity contribution in [2.24, 2.45) is 0 Å². The molecule has 0 aliphatic carbocycles. The zero-order valence-electron chi connectivity index (χ0n) is 10.2. The van der Waals surface area contributed by atoms with Crippen molar-refractivity contribution in [3.8, 4) is 0 Å². The standard InChI is InChI=1S/C11H16N4OS/c1-7(11-8(2)14-9(3)17-11)12-5-4-10-13-6-16-15-10/h6-7,12H,4-5H2,1-3H3. The van der Waals surface area contributed by atoms with Crippen molar-refractivity contribution in [2.45, 2.75) is 33.2 Å². The van der Waals surface area contributed by atoms with Crippen LogP contribution in [0.25, 0.3) is 0 Å². The highest BCUT2D eigenvalue weighted by molar-refractivity contribution is 7.11. The molecule has 17 heavy (non-hydrogen) atoms. The zero-order chi connectivity index (χ0) is 12.3. The molecule has 0 aliphatic heterocycles. The molecule has 0 bridgehead atoms. The van der Waals surface area contributed by atoms with E-state index in [2.05, 4.69) is 38.8 Å². The molecule has 2 heterocycles. The Morgan fingerprint density at radius 1 is 1.47 bits per heavy atom. The number of rotatable bonds is 5. The van der Waals surface area contributed by atoms with Crippen molar-refractivity contribution in [3.05, 3.63) is 27.8 Å². The van der Waals surface area contributed by atoms with Crippen molar-refractivity contribution in [3.63, 3.8) is 0 Å². The lowest BCUT2D eigenvalue weighted by molar-refractivity contribution is 0.408. The van der Waals surface area contributed by atoms with Crippen molar-refractivity contribution in [1.29, 1.82) is 0 Å². The predicted octanol–water partition coefficient (Wildman–Crippen LogP) is 2.04. The number of hydrogen-bond acceptors (Lipinski definition) is 6. The fourth-order valence-corrected chi connectivity index (χ4v) is 2.70. The van der Waals surface area contributed by atoms with Gasteiger partial charge in [-0.05, 0) is 20.8 Å². The number of nitrogens with one attached hydrogen (secondary N) is 1. The largest absolute Gasteiger partial charge is 0.343 e. The highest BCUT2D eigenvalue weighted by Crippen LogP contribution is 2.24. The maximum Gasteiger partial charge on any atom is 0.213 e. The second kappa shape index (κ2) is 5.37. The van der Waals surface area contributed by atoms with E-state index in [4.69, 9.17) is 0 Å². The molecule has 2 rings (SSSR count). The first-order valence-corrected chi connectivity index (χ1v) is 6.41. The normalized spacial score (nSPS) is 12.9. The molecule has 6 heteroatoms. The lowest BCUT2D eigenvalue weighted by Crippen LogP contribution is -2.21. The van der Waals surface area contributed by atoms with E-state index in [1.54, 1.807) is 11.3 Å². The van der Waals surface area contributed by atoms with Gasteiger partial charge < -0.3 is 9.84 Å². The van der Waals surface area contributed by atoms with Crippen molar-refractivity contribution in [2.75, 3.05) is 6.54 Å². The molecule has 1 N–H and O–H groups in total. The lowest BCUT2D eigenvalue weighted by atomic mass is 10.2. The third-order valence-electron chi connectivity index (χ3n) is 2.54. The molecule has 1 atom stereocenters. The number of nitrogens with zero attached hydrogens (tertiary/aromatic N) is 3. The molecular formula is C11H16N4OS. The van der Waals surface area contributed by atoms with Crippen LogP contribution in [-0.4, -0.2) is 21.7 Å². The van der Waals surface area contributed by atoms with Crippen LogP contribution in [0.3, 0.4) is 0 Å². The average Bonchev–Trinajstić information content (AvgIpc) is 2.88. The van der Waals surface area contributed by atoms with Crippen LogP contribution in [0.1, 0.15) is 34.4 Å². The van der Waals surface area contributed by atoms with Crippen molar-refractivity contribution < 1.29 is 4.52 Å². The molecule has 0 saturated carbocycles. The van der Waals surface area contributed by atoms with E-state index in [0.29, 0.717) is 6.04 Å². The van der Waals surface area contributed by atoms with Crippen LogP contribution < -0.4 is 5.32 Å². The summed E-state index contributed by atoms with van der Waals surface area (Å²) >= 11 is 1.75. The fourth-order valence-electron chi connectivity index (χ4n) is 1.74. The maximum absolute atomic E-state index is 4.68. The summed E-state index contributed by atoms with van der Waals surface area (Å²) in [5, 5.41) is 8.33. The van der Waals surface area contributed by atoms with Gasteiger partial charge in [0.1, 0.15) is 0 Å². The van der Waals surface area contributed by atoms with Crippen LogP contribution in [0.2, 0.25) is 0 Å². The Balaban J connectivity index is 1.85. The summed E-state index contributed by atoms with van der Waals surface area (Å²) in [6.45, 7) is 7.07. The zero-order valence-corrected chi connectivity index (χ0v) is 11.0. The Kier molecular flexibility index (Phi) is 3.86. The fraction of sp³-hybridized carbons (Fsp3) is 0.545. The summed E-state index contributed by atoms with van der Waals surface area (Å²) in [6, 6.07) is 0.313. The topological polar surface area (TPSA) is 63.8 Å². The van der Waals surface area contributed by atoms with Gasteiger partial charge in [-0.1, -0.05) is 5.16 Å². The summed E-state index contributed by atoms with van der Waals surface area (Å²) in [6.07, 6.45) is 2.13. The van der Waals surface area contributed by atoms with E-state index in [0.717, 1.165) is 29.5 Å². The Morgan fingerprint density at radius 3 is 2.88 bits per heavy atom. The summed E-state index contributed by atoms with van der Waals surface area (Å²) in [4.78, 5) is 9.71. The average molecular weight is 252 g/mol. The Hall–Kier alpha value is -1.27. The third-order valence-corrected chi connectivity index (χ3v) is 3.79. The first kappa shape index (κ1) is 12.2. The van der Waals surface area contributed by atoms with E-state index in [-0.39, 0.29) is 0 Å². The summed E-state index contributed by atoms with van der Waals surface area (Å²) in [5.74, 6) is 0.738. The Labute approximate surface area is 104 Å². The minimum Gasteiger partial charge on any atom is -0.343 e. The quantitative estimate of drug-likeness (QED) is 0.882. The van der Waals surface area contributed by atoms with Gasteiger partial charge >= 0.3 is 0 Å². The molecule has 0 aliphatic rings. The molecule has 0 saturated heterocycles. The lowest BCUT2D eigenvalue weighted by Gasteiger charge is -2.11. The molecule has 0 fully saturated rings. The van der Waals surface area contributed by atoms with Gasteiger partial charge in [0.2, 0.25) is 6.39 Å². The highest BCUT2D eigenvalue weighted by Gasteiger charge is 2.12. The summed E-state index contributed by atoms with van der Waals surface area (Å²) in [5.41, 5.74) is 1.12. The summed E-state index contributed by atoms with van der Waals surface area (Å²) in [7, 11) is 0. The van der Waals surface area contributed by atoms with E-state index in [1.807, 2.05) is 6.92 Å². The molecule has 0 radical (unpaired) electrons. The van der Waals surface area contributed by atoms with E-state index < -0.39 is 0 Å². The first-order chi connectivity index (χ1) is 8.16. The molecule has 1 unspecified atom stereocenters. The van der Waals surface area contributed by atoms with Crippen molar-refractivity contribution in [1.82, 2.24) is 20.4 Å². The van der Waals surface area contributed by atoms with Gasteiger partial charge in [0.15, 0.2) is 5.82 Å². The van der Waals surface area contributed by atoms with Crippen LogP contribution in [0, 0.1) is 13.8 Å². The van der Waals surface area contributed by atoms with Gasteiger partial charge in [-0.15, -0.1) is 11.3 Å². The van der Waals surface area contributed by atoms with Gasteiger partial charge in [-0.3, -0.25) is 0 Å². The van der Waals surface area contributed by atoms with Crippen LogP contribution >= 0.6 is 11.3 Å². The first-order valence-electron chi connectivity index (χ1n) is 5.59. The smallest absolute Gasteiger partial charge is 0.213 e. The van der Waals surface area contributed by atoms with Gasteiger partial charge in [-0.25, -0.2) is 4.98 Å². The Bertz CT molecular complexity index is 466. The molecule has 0 amide bonds. The number of aromatic nitrogens is 3. The van der Waals surface area contributed by atoms with Gasteiger partial charge in [0.05, 0.1) is 10.7 Å². The molecule has 2 aromatic heterocycles. The van der Waals surface area contributed by atoms with Gasteiger partial charge in [-0.2, -0.15) is 4.98 Å². The molecule has 0 spiro atoms. The summed E-state index contributed by atoms with van der Waals surface area (Å²) < 4.78 is 4.68. The van der Waals surface area contributed by atoms with Gasteiger partial charge in [0, 0.05) is 23.9 Å². The highest BCUT2D eigenvalue weighted by atomic mass is 32.1. The van der Waals surface area contributed by atoms with E-state index in [1.165, 1.54) is 11.3 Å². The predicted molar refractivity (Wildman–Crippen MR) is 66.0 cm³/mol. The molecule has 0 aromatic carbocycles. The molecule has 92 valence electrons. The maximum atomic E-state index is 4.68. The van der Waals surface area contributed by atoms with Crippen LogP contribution in [0.15, 0.2) is 10.9 Å². The minimum atomic E-state index is 0.313. The second-order valence-electron chi connectivity index (χ2n) is 3.96. The van der Waals surface area contributed by atoms with Crippen LogP contribution in [0.5, 0.6) is 0 Å². The monoisotopic (exact) mass is 252 g/mol. The Morgan fingerprint density at radius 2 is 2.29 bits per heavy atom. The number of thiazole rings is 1. The molecule has 2 aromatic rings. The molecular weight excluding hydrogens is 236 g/mol. The van der Waals surface area contributed by atoms with Crippen molar-refractivity contribution >= 4 is 11.3 Å². The van der Waals surface area contributed by atoms with E-state index >= 15 is 0 Å².